The van der Waals surface area contributed by atoms with Gasteiger partial charge in [0.05, 0.1) is 11.1 Å². The molecule has 3 N–H and O–H groups in total. The largest absolute Gasteiger partial charge is 0.478 e. The number of carbonyl (C=O) groups is 3. The minimum atomic E-state index is -1.23. The summed E-state index contributed by atoms with van der Waals surface area (Å²) in [6.45, 7) is 0.319. The van der Waals surface area contributed by atoms with Crippen molar-refractivity contribution in [2.45, 2.75) is 5.92 Å². The molecular formula is C26H21NO6. The molecule has 166 valence electrons. The van der Waals surface area contributed by atoms with Gasteiger partial charge in [-0.05, 0) is 39.9 Å². The summed E-state index contributed by atoms with van der Waals surface area (Å²) in [6, 6.07) is 20.0. The summed E-state index contributed by atoms with van der Waals surface area (Å²) < 4.78 is 5.45. The third kappa shape index (κ3) is 4.62. The number of amides is 1. The van der Waals surface area contributed by atoms with Gasteiger partial charge >= 0.3 is 18.0 Å². The zero-order valence-corrected chi connectivity index (χ0v) is 17.5. The number of carboxylic acid groups (broad SMARTS) is 2. The number of hydrogen-bond donors (Lipinski definition) is 3. The van der Waals surface area contributed by atoms with Gasteiger partial charge in [0.2, 0.25) is 0 Å². The number of hydrogen-bond acceptors (Lipinski definition) is 4. The maximum Gasteiger partial charge on any atom is 0.407 e. The number of carbonyl (C=O) groups excluding carboxylic acids is 1. The van der Waals surface area contributed by atoms with Crippen molar-refractivity contribution in [3.05, 3.63) is 101 Å². The van der Waals surface area contributed by atoms with Crippen molar-refractivity contribution in [3.8, 4) is 11.1 Å². The number of aromatic carboxylic acids is 2. The zero-order valence-electron chi connectivity index (χ0n) is 17.5. The summed E-state index contributed by atoms with van der Waals surface area (Å²) in [5.74, 6) is -2.48. The van der Waals surface area contributed by atoms with Crippen LogP contribution in [0, 0.1) is 0 Å². The zero-order chi connectivity index (χ0) is 23.4. The highest BCUT2D eigenvalue weighted by molar-refractivity contribution is 5.96. The van der Waals surface area contributed by atoms with Gasteiger partial charge < -0.3 is 20.3 Å². The predicted octanol–water partition coefficient (Wildman–Crippen LogP) is 4.63. The van der Waals surface area contributed by atoms with E-state index in [4.69, 9.17) is 9.84 Å². The van der Waals surface area contributed by atoms with E-state index in [2.05, 4.69) is 17.4 Å². The van der Waals surface area contributed by atoms with Crippen molar-refractivity contribution in [2.24, 2.45) is 0 Å². The van der Waals surface area contributed by atoms with Crippen LogP contribution in [0.4, 0.5) is 4.79 Å². The standard InChI is InChI=1S/C26H21NO6/c28-24(29)17-12-11-16(22(14-17)25(30)31)6-5-13-27-26(32)33-15-23-20-9-3-1-7-18(20)19-8-2-4-10-21(19)23/h1-12,14,23H,13,15H2,(H,27,32)(H,28,29)(H,30,31). The topological polar surface area (TPSA) is 113 Å². The minimum Gasteiger partial charge on any atom is -0.478 e. The van der Waals surface area contributed by atoms with Gasteiger partial charge in [-0.1, -0.05) is 66.7 Å². The fourth-order valence-corrected chi connectivity index (χ4v) is 4.00. The van der Waals surface area contributed by atoms with E-state index in [1.807, 2.05) is 36.4 Å². The average molecular weight is 443 g/mol. The van der Waals surface area contributed by atoms with Gasteiger partial charge in [0, 0.05) is 12.5 Å². The van der Waals surface area contributed by atoms with Crippen molar-refractivity contribution >= 4 is 24.1 Å². The third-order valence-electron chi connectivity index (χ3n) is 5.54. The molecule has 0 bridgehead atoms. The average Bonchev–Trinajstić information content (AvgIpc) is 3.14. The van der Waals surface area contributed by atoms with Crippen molar-refractivity contribution < 1.29 is 29.3 Å². The number of nitrogens with one attached hydrogen (secondary N) is 1. The van der Waals surface area contributed by atoms with E-state index in [0.717, 1.165) is 28.3 Å². The Morgan fingerprint density at radius 1 is 0.879 bits per heavy atom. The molecule has 3 aromatic carbocycles. The molecule has 3 aromatic rings. The monoisotopic (exact) mass is 443 g/mol. The molecule has 0 unspecified atom stereocenters. The van der Waals surface area contributed by atoms with Gasteiger partial charge in [-0.3, -0.25) is 0 Å². The fourth-order valence-electron chi connectivity index (χ4n) is 4.00. The number of alkyl carbamates (subject to hydrolysis) is 1. The second-order valence-electron chi connectivity index (χ2n) is 7.52. The first kappa shape index (κ1) is 21.8. The highest BCUT2D eigenvalue weighted by Gasteiger charge is 2.28. The van der Waals surface area contributed by atoms with Crippen LogP contribution in [0.5, 0.6) is 0 Å². The lowest BCUT2D eigenvalue weighted by molar-refractivity contribution is 0.0695. The van der Waals surface area contributed by atoms with E-state index in [-0.39, 0.29) is 30.2 Å². The molecule has 0 aliphatic heterocycles. The molecule has 33 heavy (non-hydrogen) atoms. The summed E-state index contributed by atoms with van der Waals surface area (Å²) >= 11 is 0. The first-order valence-corrected chi connectivity index (χ1v) is 10.3. The van der Waals surface area contributed by atoms with Crippen LogP contribution >= 0.6 is 0 Å². The van der Waals surface area contributed by atoms with Crippen LogP contribution in [0.15, 0.2) is 72.8 Å². The van der Waals surface area contributed by atoms with Crippen LogP contribution in [0.2, 0.25) is 0 Å². The van der Waals surface area contributed by atoms with Crippen LogP contribution in [0.3, 0.4) is 0 Å². The SMILES string of the molecule is O=C(NCC=Cc1ccc(C(=O)O)cc1C(=O)O)OCC1c2ccccc2-c2ccccc21. The van der Waals surface area contributed by atoms with E-state index in [9.17, 15) is 19.5 Å². The van der Waals surface area contributed by atoms with E-state index in [0.29, 0.717) is 5.56 Å². The number of rotatable bonds is 7. The predicted molar refractivity (Wildman–Crippen MR) is 122 cm³/mol. The van der Waals surface area contributed by atoms with Gasteiger partial charge in [0.1, 0.15) is 6.61 Å². The molecule has 1 amide bonds. The van der Waals surface area contributed by atoms with Crippen LogP contribution in [0.1, 0.15) is 43.3 Å². The van der Waals surface area contributed by atoms with E-state index < -0.39 is 18.0 Å². The van der Waals surface area contributed by atoms with E-state index in [1.165, 1.54) is 18.2 Å². The Bertz CT molecular complexity index is 1220. The maximum absolute atomic E-state index is 12.2. The van der Waals surface area contributed by atoms with Gasteiger partial charge in [-0.2, -0.15) is 0 Å². The van der Waals surface area contributed by atoms with Crippen LogP contribution < -0.4 is 5.32 Å². The highest BCUT2D eigenvalue weighted by Crippen LogP contribution is 2.44. The number of fused-ring (bicyclic) bond motifs is 3. The van der Waals surface area contributed by atoms with Gasteiger partial charge in [-0.15, -0.1) is 0 Å². The Kier molecular flexibility index (Phi) is 6.22. The Morgan fingerprint density at radius 2 is 1.52 bits per heavy atom. The third-order valence-corrected chi connectivity index (χ3v) is 5.54. The molecule has 7 nitrogen and oxygen atoms in total. The molecule has 4 rings (SSSR count). The Balaban J connectivity index is 1.35. The van der Waals surface area contributed by atoms with E-state index in [1.54, 1.807) is 6.08 Å². The smallest absolute Gasteiger partial charge is 0.407 e. The number of benzene rings is 3. The second-order valence-corrected chi connectivity index (χ2v) is 7.52. The summed E-state index contributed by atoms with van der Waals surface area (Å²) in [5.41, 5.74) is 4.63. The van der Waals surface area contributed by atoms with E-state index >= 15 is 0 Å². The molecule has 0 atom stereocenters. The molecule has 0 saturated heterocycles. The molecule has 0 radical (unpaired) electrons. The fraction of sp³-hybridized carbons (Fsp3) is 0.115. The van der Waals surface area contributed by atoms with Gasteiger partial charge in [0.15, 0.2) is 0 Å². The lowest BCUT2D eigenvalue weighted by Crippen LogP contribution is -2.26. The van der Waals surface area contributed by atoms with Crippen LogP contribution in [0.25, 0.3) is 17.2 Å². The Morgan fingerprint density at radius 3 is 2.12 bits per heavy atom. The van der Waals surface area contributed by atoms with Gasteiger partial charge in [-0.25, -0.2) is 14.4 Å². The molecule has 0 fully saturated rings. The quantitative estimate of drug-likeness (QED) is 0.491. The summed E-state index contributed by atoms with van der Waals surface area (Å²) in [5, 5.41) is 20.9. The van der Waals surface area contributed by atoms with Gasteiger partial charge in [0.25, 0.3) is 0 Å². The van der Waals surface area contributed by atoms with Crippen molar-refractivity contribution in [1.29, 1.82) is 0 Å². The normalized spacial score (nSPS) is 12.2. The minimum absolute atomic E-state index is 0.0374. The Labute approximate surface area is 190 Å². The van der Waals surface area contributed by atoms with Crippen LogP contribution in [-0.2, 0) is 4.74 Å². The first-order valence-electron chi connectivity index (χ1n) is 10.3. The molecule has 1 aliphatic rings. The molecule has 1 aliphatic carbocycles. The number of ether oxygens (including phenoxy) is 1. The molecule has 0 spiro atoms. The number of carboxylic acids is 2. The van der Waals surface area contributed by atoms with Crippen molar-refractivity contribution in [3.63, 3.8) is 0 Å². The molecular weight excluding hydrogens is 422 g/mol. The molecule has 0 aromatic heterocycles. The summed E-state index contributed by atoms with van der Waals surface area (Å²) in [4.78, 5) is 34.7. The maximum atomic E-state index is 12.2. The molecule has 0 heterocycles. The van der Waals surface area contributed by atoms with Crippen LogP contribution in [-0.4, -0.2) is 41.4 Å². The summed E-state index contributed by atoms with van der Waals surface area (Å²) in [7, 11) is 0. The van der Waals surface area contributed by atoms with Crippen molar-refractivity contribution in [2.75, 3.05) is 13.2 Å². The molecule has 7 heteroatoms. The second kappa shape index (κ2) is 9.40. The molecule has 0 saturated carbocycles. The lowest BCUT2D eigenvalue weighted by atomic mass is 9.98. The van der Waals surface area contributed by atoms with Crippen molar-refractivity contribution in [1.82, 2.24) is 5.32 Å². The first-order chi connectivity index (χ1) is 16.0. The Hall–Kier alpha value is -4.39. The summed E-state index contributed by atoms with van der Waals surface area (Å²) in [6.07, 6.45) is 2.50. The highest BCUT2D eigenvalue weighted by atomic mass is 16.5. The lowest BCUT2D eigenvalue weighted by Gasteiger charge is -2.14.